The number of hydrogen-bond donors (Lipinski definition) is 2. The van der Waals surface area contributed by atoms with Crippen LogP contribution in [0.3, 0.4) is 0 Å². The Balaban J connectivity index is 1.48. The number of para-hydroxylation sites is 1. The van der Waals surface area contributed by atoms with Crippen molar-refractivity contribution in [3.63, 3.8) is 0 Å². The summed E-state index contributed by atoms with van der Waals surface area (Å²) in [5.74, 6) is 1.27. The van der Waals surface area contributed by atoms with Crippen LogP contribution in [-0.4, -0.2) is 49.7 Å². The molecule has 0 aromatic heterocycles. The van der Waals surface area contributed by atoms with Gasteiger partial charge in [-0.1, -0.05) is 24.3 Å². The number of hydrogen-bond acceptors (Lipinski definition) is 4. The van der Waals surface area contributed by atoms with Gasteiger partial charge in [0.15, 0.2) is 11.5 Å². The number of nitrogens with one attached hydrogen (secondary N) is 2. The van der Waals surface area contributed by atoms with Gasteiger partial charge in [0.2, 0.25) is 5.91 Å². The normalized spacial score (nSPS) is 15.7. The van der Waals surface area contributed by atoms with Gasteiger partial charge in [0.1, 0.15) is 0 Å². The molecule has 1 heterocycles. The number of urea groups is 1. The van der Waals surface area contributed by atoms with Gasteiger partial charge in [-0.3, -0.25) is 4.79 Å². The number of carbonyl (C=O) groups is 2. The molecule has 2 N–H and O–H groups in total. The number of rotatable bonds is 9. The van der Waals surface area contributed by atoms with Crippen LogP contribution in [0.2, 0.25) is 0 Å². The maximum Gasteiger partial charge on any atom is 0.321 e. The molecule has 3 rings (SSSR count). The first-order valence-electron chi connectivity index (χ1n) is 11.4. The van der Waals surface area contributed by atoms with Gasteiger partial charge in [0, 0.05) is 25.3 Å². The Labute approximate surface area is 190 Å². The summed E-state index contributed by atoms with van der Waals surface area (Å²) in [6.45, 7) is 6.66. The van der Waals surface area contributed by atoms with Gasteiger partial charge < -0.3 is 25.0 Å². The summed E-state index contributed by atoms with van der Waals surface area (Å²) in [5.41, 5.74) is 1.83. The van der Waals surface area contributed by atoms with Crippen molar-refractivity contribution < 1.29 is 19.1 Å². The van der Waals surface area contributed by atoms with Gasteiger partial charge in [-0.15, -0.1) is 0 Å². The Morgan fingerprint density at radius 1 is 1.03 bits per heavy atom. The van der Waals surface area contributed by atoms with E-state index >= 15 is 0 Å². The largest absolute Gasteiger partial charge is 0.490 e. The predicted octanol–water partition coefficient (Wildman–Crippen LogP) is 4.09. The van der Waals surface area contributed by atoms with Crippen LogP contribution in [0.1, 0.15) is 32.3 Å². The van der Waals surface area contributed by atoms with Gasteiger partial charge in [0.25, 0.3) is 0 Å². The molecule has 1 aliphatic heterocycles. The van der Waals surface area contributed by atoms with Gasteiger partial charge >= 0.3 is 6.03 Å². The zero-order chi connectivity index (χ0) is 22.8. The van der Waals surface area contributed by atoms with Crippen LogP contribution >= 0.6 is 0 Å². The van der Waals surface area contributed by atoms with Crippen LogP contribution < -0.4 is 20.1 Å². The minimum absolute atomic E-state index is 0.00169. The third-order valence-electron chi connectivity index (χ3n) is 5.43. The third kappa shape index (κ3) is 6.64. The van der Waals surface area contributed by atoms with E-state index in [-0.39, 0.29) is 17.9 Å². The summed E-state index contributed by atoms with van der Waals surface area (Å²) in [6.07, 6.45) is 2.30. The molecule has 3 amide bonds. The average Bonchev–Trinajstić information content (AvgIpc) is 2.81. The van der Waals surface area contributed by atoms with Gasteiger partial charge in [-0.05, 0) is 62.9 Å². The second-order valence-electron chi connectivity index (χ2n) is 7.77. The van der Waals surface area contributed by atoms with Crippen molar-refractivity contribution in [1.82, 2.24) is 10.2 Å². The van der Waals surface area contributed by atoms with Crippen molar-refractivity contribution in [3.8, 4) is 11.5 Å². The number of amides is 3. The summed E-state index contributed by atoms with van der Waals surface area (Å²) < 4.78 is 11.3. The van der Waals surface area contributed by atoms with Crippen LogP contribution in [0.5, 0.6) is 11.5 Å². The van der Waals surface area contributed by atoms with Crippen molar-refractivity contribution in [3.05, 3.63) is 54.1 Å². The third-order valence-corrected chi connectivity index (χ3v) is 5.43. The highest BCUT2D eigenvalue weighted by atomic mass is 16.5. The Hall–Kier alpha value is -3.22. The molecule has 1 unspecified atom stereocenters. The summed E-state index contributed by atoms with van der Waals surface area (Å²) in [7, 11) is 0. The number of ether oxygens (including phenoxy) is 2. The molecule has 1 saturated heterocycles. The van der Waals surface area contributed by atoms with Crippen molar-refractivity contribution in [1.29, 1.82) is 0 Å². The van der Waals surface area contributed by atoms with Crippen molar-refractivity contribution in [2.45, 2.75) is 33.1 Å². The molecule has 172 valence electrons. The molecule has 0 bridgehead atoms. The standard InChI is InChI=1S/C25H33N3O4/c1-3-31-22-13-12-19(17-23(22)32-4-2)14-15-26-24(29)20-9-8-16-28(18-20)25(30)27-21-10-6-5-7-11-21/h5-7,10-13,17,20H,3-4,8-9,14-16,18H2,1-2H3,(H,26,29)(H,27,30). The quantitative estimate of drug-likeness (QED) is 0.617. The van der Waals surface area contributed by atoms with Gasteiger partial charge in [0.05, 0.1) is 19.1 Å². The first kappa shape index (κ1) is 23.4. The molecule has 0 aliphatic carbocycles. The Kier molecular flexibility index (Phi) is 8.78. The van der Waals surface area contributed by atoms with E-state index in [2.05, 4.69) is 10.6 Å². The molecule has 0 radical (unpaired) electrons. The highest BCUT2D eigenvalue weighted by Crippen LogP contribution is 2.28. The average molecular weight is 440 g/mol. The van der Waals surface area contributed by atoms with E-state index in [1.165, 1.54) is 0 Å². The fraction of sp³-hybridized carbons (Fsp3) is 0.440. The number of carbonyl (C=O) groups excluding carboxylic acids is 2. The highest BCUT2D eigenvalue weighted by molar-refractivity contribution is 5.90. The lowest BCUT2D eigenvalue weighted by molar-refractivity contribution is -0.126. The Morgan fingerprint density at radius 3 is 2.53 bits per heavy atom. The molecule has 7 heteroatoms. The minimum atomic E-state index is -0.190. The molecule has 1 aliphatic rings. The lowest BCUT2D eigenvalue weighted by Crippen LogP contribution is -2.47. The van der Waals surface area contributed by atoms with Crippen LogP contribution in [0, 0.1) is 5.92 Å². The maximum absolute atomic E-state index is 12.7. The zero-order valence-electron chi connectivity index (χ0n) is 18.9. The van der Waals surface area contributed by atoms with Gasteiger partial charge in [-0.2, -0.15) is 0 Å². The SMILES string of the molecule is CCOc1ccc(CCNC(=O)C2CCCN(C(=O)Nc3ccccc3)C2)cc1OCC. The number of nitrogens with zero attached hydrogens (tertiary/aromatic N) is 1. The van der Waals surface area contributed by atoms with E-state index in [0.717, 1.165) is 35.6 Å². The van der Waals surface area contributed by atoms with Crippen molar-refractivity contribution in [2.24, 2.45) is 5.92 Å². The monoisotopic (exact) mass is 439 g/mol. The lowest BCUT2D eigenvalue weighted by atomic mass is 9.97. The maximum atomic E-state index is 12.7. The fourth-order valence-corrected chi connectivity index (χ4v) is 3.83. The van der Waals surface area contributed by atoms with Crippen molar-refractivity contribution in [2.75, 3.05) is 38.2 Å². The van der Waals surface area contributed by atoms with E-state index in [4.69, 9.17) is 9.47 Å². The number of benzene rings is 2. The van der Waals surface area contributed by atoms with E-state index in [1.54, 1.807) is 4.90 Å². The summed E-state index contributed by atoms with van der Waals surface area (Å²) in [4.78, 5) is 27.0. The van der Waals surface area contributed by atoms with E-state index in [1.807, 2.05) is 62.4 Å². The van der Waals surface area contributed by atoms with Crippen LogP contribution in [0.25, 0.3) is 0 Å². The predicted molar refractivity (Wildman–Crippen MR) is 125 cm³/mol. The Bertz CT molecular complexity index is 888. The molecule has 2 aromatic rings. The van der Waals surface area contributed by atoms with Crippen molar-refractivity contribution >= 4 is 17.6 Å². The minimum Gasteiger partial charge on any atom is -0.490 e. The Morgan fingerprint density at radius 2 is 1.78 bits per heavy atom. The number of piperidine rings is 1. The van der Waals surface area contributed by atoms with E-state index in [9.17, 15) is 9.59 Å². The number of likely N-dealkylation sites (tertiary alicyclic amines) is 1. The summed E-state index contributed by atoms with van der Waals surface area (Å²) in [5, 5.41) is 5.93. The molecule has 0 spiro atoms. The van der Waals surface area contributed by atoms with Crippen LogP contribution in [0.4, 0.5) is 10.5 Å². The lowest BCUT2D eigenvalue weighted by Gasteiger charge is -2.32. The zero-order valence-corrected chi connectivity index (χ0v) is 18.9. The molecular weight excluding hydrogens is 406 g/mol. The molecule has 0 saturated carbocycles. The fourth-order valence-electron chi connectivity index (χ4n) is 3.83. The first-order chi connectivity index (χ1) is 15.6. The topological polar surface area (TPSA) is 79.9 Å². The van der Waals surface area contributed by atoms with Gasteiger partial charge in [-0.25, -0.2) is 4.79 Å². The summed E-state index contributed by atoms with van der Waals surface area (Å²) >= 11 is 0. The van der Waals surface area contributed by atoms with Crippen LogP contribution in [0.15, 0.2) is 48.5 Å². The molecule has 7 nitrogen and oxygen atoms in total. The van der Waals surface area contributed by atoms with E-state index < -0.39 is 0 Å². The molecule has 32 heavy (non-hydrogen) atoms. The van der Waals surface area contributed by atoms with Crippen LogP contribution in [-0.2, 0) is 11.2 Å². The molecular formula is C25H33N3O4. The first-order valence-corrected chi connectivity index (χ1v) is 11.4. The second-order valence-corrected chi connectivity index (χ2v) is 7.77. The second kappa shape index (κ2) is 12.0. The molecule has 1 atom stereocenters. The highest BCUT2D eigenvalue weighted by Gasteiger charge is 2.28. The number of anilines is 1. The smallest absolute Gasteiger partial charge is 0.321 e. The summed E-state index contributed by atoms with van der Waals surface area (Å²) in [6, 6.07) is 15.1. The van der Waals surface area contributed by atoms with E-state index in [0.29, 0.717) is 39.3 Å². The molecule has 1 fully saturated rings. The molecule has 2 aromatic carbocycles.